The molecular weight excluding hydrogens is 240 g/mol. The van der Waals surface area contributed by atoms with Crippen molar-refractivity contribution in [3.63, 3.8) is 0 Å². The Morgan fingerprint density at radius 2 is 2.47 bits per heavy atom. The van der Waals surface area contributed by atoms with Crippen molar-refractivity contribution in [2.24, 2.45) is 5.41 Å². The molecule has 0 radical (unpaired) electrons. The van der Waals surface area contributed by atoms with Gasteiger partial charge in [-0.05, 0) is 31.5 Å². The first-order chi connectivity index (χ1) is 8.01. The highest BCUT2D eigenvalue weighted by Crippen LogP contribution is 2.31. The molecule has 1 aromatic rings. The molecule has 0 spiro atoms. The summed E-state index contributed by atoms with van der Waals surface area (Å²) in [5, 5.41) is 9.78. The zero-order valence-corrected chi connectivity index (χ0v) is 10.4. The van der Waals surface area contributed by atoms with Crippen LogP contribution in [0.5, 0.6) is 0 Å². The topological polar surface area (TPSA) is 53.4 Å². The number of carbonyl (C=O) groups is 1. The highest BCUT2D eigenvalue weighted by molar-refractivity contribution is 6.31. The van der Waals surface area contributed by atoms with Gasteiger partial charge in [-0.25, -0.2) is 0 Å². The Balaban J connectivity index is 2.04. The van der Waals surface area contributed by atoms with Crippen LogP contribution in [-0.2, 0) is 11.3 Å². The highest BCUT2D eigenvalue weighted by atomic mass is 35.5. The van der Waals surface area contributed by atoms with Gasteiger partial charge in [-0.3, -0.25) is 14.7 Å². The molecule has 1 atom stereocenters. The molecule has 0 bridgehead atoms. The van der Waals surface area contributed by atoms with Crippen molar-refractivity contribution in [2.45, 2.75) is 19.9 Å². The van der Waals surface area contributed by atoms with Crippen molar-refractivity contribution in [3.05, 3.63) is 29.0 Å². The first-order valence-electron chi connectivity index (χ1n) is 5.55. The molecule has 1 saturated heterocycles. The van der Waals surface area contributed by atoms with Gasteiger partial charge >= 0.3 is 5.97 Å². The molecule has 0 saturated carbocycles. The van der Waals surface area contributed by atoms with Gasteiger partial charge in [0.25, 0.3) is 0 Å². The van der Waals surface area contributed by atoms with E-state index >= 15 is 0 Å². The quantitative estimate of drug-likeness (QED) is 0.897. The van der Waals surface area contributed by atoms with Gasteiger partial charge in [0.15, 0.2) is 0 Å². The summed E-state index contributed by atoms with van der Waals surface area (Å²) in [5.74, 6) is -0.721. The summed E-state index contributed by atoms with van der Waals surface area (Å²) in [6.07, 6.45) is 4.00. The van der Waals surface area contributed by atoms with Crippen molar-refractivity contribution in [1.82, 2.24) is 9.88 Å². The second kappa shape index (κ2) is 4.63. The Hall–Kier alpha value is -1.13. The summed E-state index contributed by atoms with van der Waals surface area (Å²) >= 11 is 6.03. The van der Waals surface area contributed by atoms with Gasteiger partial charge in [0.1, 0.15) is 0 Å². The van der Waals surface area contributed by atoms with Gasteiger partial charge in [0.05, 0.1) is 10.4 Å². The molecule has 1 N–H and O–H groups in total. The fraction of sp³-hybridized carbons (Fsp3) is 0.500. The summed E-state index contributed by atoms with van der Waals surface area (Å²) in [4.78, 5) is 17.2. The van der Waals surface area contributed by atoms with E-state index in [1.165, 1.54) is 0 Å². The van der Waals surface area contributed by atoms with E-state index in [1.54, 1.807) is 19.3 Å². The first-order valence-corrected chi connectivity index (χ1v) is 5.93. The van der Waals surface area contributed by atoms with Gasteiger partial charge in [-0.2, -0.15) is 0 Å². The number of carboxylic acid groups (broad SMARTS) is 1. The zero-order chi connectivity index (χ0) is 12.5. The third kappa shape index (κ3) is 2.58. The Bertz CT molecular complexity index is 438. The van der Waals surface area contributed by atoms with Crippen LogP contribution in [0.15, 0.2) is 18.5 Å². The van der Waals surface area contributed by atoms with E-state index in [0.717, 1.165) is 12.1 Å². The summed E-state index contributed by atoms with van der Waals surface area (Å²) in [6, 6.07) is 1.87. The molecule has 1 fully saturated rings. The number of halogens is 1. The summed E-state index contributed by atoms with van der Waals surface area (Å²) in [7, 11) is 0. The normalized spacial score (nSPS) is 25.1. The number of carboxylic acids is 1. The number of pyridine rings is 1. The van der Waals surface area contributed by atoms with Gasteiger partial charge in [-0.1, -0.05) is 11.6 Å². The molecule has 0 amide bonds. The van der Waals surface area contributed by atoms with E-state index in [0.29, 0.717) is 24.5 Å². The van der Waals surface area contributed by atoms with Crippen LogP contribution in [0.3, 0.4) is 0 Å². The van der Waals surface area contributed by atoms with Crippen LogP contribution in [0.4, 0.5) is 0 Å². The van der Waals surface area contributed by atoms with Gasteiger partial charge in [0, 0.05) is 25.5 Å². The Morgan fingerprint density at radius 1 is 1.71 bits per heavy atom. The third-order valence-corrected chi connectivity index (χ3v) is 3.66. The highest BCUT2D eigenvalue weighted by Gasteiger charge is 2.40. The summed E-state index contributed by atoms with van der Waals surface area (Å²) in [6.45, 7) is 3.84. The largest absolute Gasteiger partial charge is 0.481 e. The Morgan fingerprint density at radius 3 is 3.06 bits per heavy atom. The zero-order valence-electron chi connectivity index (χ0n) is 9.69. The fourth-order valence-electron chi connectivity index (χ4n) is 2.14. The van der Waals surface area contributed by atoms with Crippen molar-refractivity contribution in [3.8, 4) is 0 Å². The predicted octanol–water partition coefficient (Wildman–Crippen LogP) is 2.03. The predicted molar refractivity (Wildman–Crippen MR) is 64.9 cm³/mol. The van der Waals surface area contributed by atoms with Crippen LogP contribution in [0.1, 0.15) is 18.9 Å². The molecule has 1 unspecified atom stereocenters. The van der Waals surface area contributed by atoms with Crippen LogP contribution in [-0.4, -0.2) is 34.0 Å². The fourth-order valence-corrected chi connectivity index (χ4v) is 2.32. The lowest BCUT2D eigenvalue weighted by atomic mass is 9.90. The van der Waals surface area contributed by atoms with Crippen LogP contribution in [0, 0.1) is 5.41 Å². The van der Waals surface area contributed by atoms with E-state index in [4.69, 9.17) is 16.7 Å². The second-order valence-electron chi connectivity index (χ2n) is 4.79. The minimum Gasteiger partial charge on any atom is -0.481 e. The van der Waals surface area contributed by atoms with Gasteiger partial charge < -0.3 is 5.11 Å². The molecule has 1 aliphatic heterocycles. The number of rotatable bonds is 3. The van der Waals surface area contributed by atoms with Crippen molar-refractivity contribution in [1.29, 1.82) is 0 Å². The van der Waals surface area contributed by atoms with Crippen molar-refractivity contribution < 1.29 is 9.90 Å². The van der Waals surface area contributed by atoms with E-state index in [2.05, 4.69) is 9.88 Å². The molecule has 5 heteroatoms. The monoisotopic (exact) mass is 254 g/mol. The van der Waals surface area contributed by atoms with E-state index in [9.17, 15) is 4.79 Å². The molecule has 2 rings (SSSR count). The smallest absolute Gasteiger partial charge is 0.310 e. The standard InChI is InChI=1S/C12H15ClN2O2/c1-12(11(16)17)3-5-15(8-12)7-9-2-4-14-6-10(9)13/h2,4,6H,3,5,7-8H2,1H3,(H,16,17). The minimum atomic E-state index is -0.721. The van der Waals surface area contributed by atoms with Gasteiger partial charge in [-0.15, -0.1) is 0 Å². The van der Waals surface area contributed by atoms with Crippen molar-refractivity contribution in [2.75, 3.05) is 13.1 Å². The number of nitrogens with zero attached hydrogens (tertiary/aromatic N) is 2. The SMILES string of the molecule is CC1(C(=O)O)CCN(Cc2ccncc2Cl)C1. The number of aromatic nitrogens is 1. The van der Waals surface area contributed by atoms with E-state index < -0.39 is 11.4 Å². The molecular formula is C12H15ClN2O2. The van der Waals surface area contributed by atoms with Crippen LogP contribution in [0.2, 0.25) is 5.02 Å². The Labute approximate surface area is 105 Å². The van der Waals surface area contributed by atoms with E-state index in [1.807, 2.05) is 6.07 Å². The summed E-state index contributed by atoms with van der Waals surface area (Å²) < 4.78 is 0. The average Bonchev–Trinajstić information content (AvgIpc) is 2.65. The summed E-state index contributed by atoms with van der Waals surface area (Å²) in [5.41, 5.74) is 0.371. The maximum absolute atomic E-state index is 11.1. The number of likely N-dealkylation sites (tertiary alicyclic amines) is 1. The molecule has 92 valence electrons. The average molecular weight is 255 g/mol. The van der Waals surface area contributed by atoms with Crippen molar-refractivity contribution >= 4 is 17.6 Å². The molecule has 0 aliphatic carbocycles. The number of hydrogen-bond acceptors (Lipinski definition) is 3. The number of hydrogen-bond donors (Lipinski definition) is 1. The Kier molecular flexibility index (Phi) is 3.35. The van der Waals surface area contributed by atoms with Crippen LogP contribution in [0.25, 0.3) is 0 Å². The molecule has 4 nitrogen and oxygen atoms in total. The molecule has 1 aromatic heterocycles. The van der Waals surface area contributed by atoms with E-state index in [-0.39, 0.29) is 0 Å². The molecule has 17 heavy (non-hydrogen) atoms. The third-order valence-electron chi connectivity index (χ3n) is 3.32. The minimum absolute atomic E-state index is 0.570. The second-order valence-corrected chi connectivity index (χ2v) is 5.20. The first kappa shape index (κ1) is 12.3. The van der Waals surface area contributed by atoms with Crippen LogP contribution >= 0.6 is 11.6 Å². The lowest BCUT2D eigenvalue weighted by Gasteiger charge is -2.20. The molecule has 1 aliphatic rings. The molecule has 0 aromatic carbocycles. The molecule has 2 heterocycles. The maximum Gasteiger partial charge on any atom is 0.310 e. The lowest BCUT2D eigenvalue weighted by Crippen LogP contribution is -2.31. The maximum atomic E-state index is 11.1. The van der Waals surface area contributed by atoms with Crippen LogP contribution < -0.4 is 0 Å². The lowest BCUT2D eigenvalue weighted by molar-refractivity contribution is -0.147. The van der Waals surface area contributed by atoms with Gasteiger partial charge in [0.2, 0.25) is 0 Å². The number of aliphatic carboxylic acids is 1.